The highest BCUT2D eigenvalue weighted by Crippen LogP contribution is 1.89. The molecule has 0 rings (SSSR count). The summed E-state index contributed by atoms with van der Waals surface area (Å²) >= 11 is 0. The average molecular weight is 175 g/mol. The summed E-state index contributed by atoms with van der Waals surface area (Å²) in [5.41, 5.74) is 0. The van der Waals surface area contributed by atoms with Crippen molar-refractivity contribution < 1.29 is 9.84 Å². The molecule has 0 aromatic rings. The standard InChI is InChI=1S/C9H21NO2/c1-8(2)10-5-7-12-6-4-9(3)11/h8-11H,4-7H2,1-3H3. The molecule has 0 aliphatic rings. The predicted octanol–water partition coefficient (Wildman–Crippen LogP) is 0.772. The lowest BCUT2D eigenvalue weighted by Crippen LogP contribution is -2.27. The summed E-state index contributed by atoms with van der Waals surface area (Å²) in [4.78, 5) is 0. The fraction of sp³-hybridized carbons (Fsp3) is 1.00. The van der Waals surface area contributed by atoms with Gasteiger partial charge in [-0.1, -0.05) is 13.8 Å². The molecule has 12 heavy (non-hydrogen) atoms. The third kappa shape index (κ3) is 9.88. The van der Waals surface area contributed by atoms with Gasteiger partial charge in [0, 0.05) is 19.2 Å². The predicted molar refractivity (Wildman–Crippen MR) is 50.3 cm³/mol. The molecule has 0 saturated heterocycles. The molecule has 0 saturated carbocycles. The summed E-state index contributed by atoms with van der Waals surface area (Å²) in [5.74, 6) is 0. The highest BCUT2D eigenvalue weighted by molar-refractivity contribution is 4.51. The smallest absolute Gasteiger partial charge is 0.0591 e. The molecular formula is C9H21NO2. The van der Waals surface area contributed by atoms with Crippen LogP contribution in [0.15, 0.2) is 0 Å². The molecule has 0 spiro atoms. The van der Waals surface area contributed by atoms with Crippen LogP contribution in [-0.4, -0.2) is 37.0 Å². The number of nitrogens with one attached hydrogen (secondary N) is 1. The second-order valence-electron chi connectivity index (χ2n) is 3.36. The summed E-state index contributed by atoms with van der Waals surface area (Å²) in [7, 11) is 0. The van der Waals surface area contributed by atoms with Crippen molar-refractivity contribution in [3.05, 3.63) is 0 Å². The monoisotopic (exact) mass is 175 g/mol. The molecule has 0 aromatic heterocycles. The second kappa shape index (κ2) is 7.53. The van der Waals surface area contributed by atoms with E-state index in [1.165, 1.54) is 0 Å². The normalized spacial score (nSPS) is 13.8. The number of ether oxygens (including phenoxy) is 1. The summed E-state index contributed by atoms with van der Waals surface area (Å²) in [6, 6.07) is 0.519. The van der Waals surface area contributed by atoms with E-state index >= 15 is 0 Å². The SMILES string of the molecule is CC(O)CCOCCNC(C)C. The molecule has 0 radical (unpaired) electrons. The van der Waals surface area contributed by atoms with E-state index in [9.17, 15) is 0 Å². The molecule has 1 atom stereocenters. The molecule has 0 amide bonds. The van der Waals surface area contributed by atoms with Crippen molar-refractivity contribution in [2.75, 3.05) is 19.8 Å². The van der Waals surface area contributed by atoms with E-state index in [1.807, 2.05) is 0 Å². The highest BCUT2D eigenvalue weighted by atomic mass is 16.5. The number of hydrogen-bond acceptors (Lipinski definition) is 3. The van der Waals surface area contributed by atoms with E-state index in [-0.39, 0.29) is 6.10 Å². The Morgan fingerprint density at radius 2 is 1.92 bits per heavy atom. The lowest BCUT2D eigenvalue weighted by Gasteiger charge is -2.09. The van der Waals surface area contributed by atoms with Gasteiger partial charge < -0.3 is 15.2 Å². The zero-order valence-electron chi connectivity index (χ0n) is 8.34. The second-order valence-corrected chi connectivity index (χ2v) is 3.36. The van der Waals surface area contributed by atoms with Gasteiger partial charge in [0.2, 0.25) is 0 Å². The Hall–Kier alpha value is -0.120. The van der Waals surface area contributed by atoms with Crippen LogP contribution in [-0.2, 0) is 4.74 Å². The Morgan fingerprint density at radius 1 is 1.25 bits per heavy atom. The molecule has 2 N–H and O–H groups in total. The Morgan fingerprint density at radius 3 is 2.42 bits per heavy atom. The molecule has 3 heteroatoms. The number of aliphatic hydroxyl groups is 1. The van der Waals surface area contributed by atoms with Crippen LogP contribution < -0.4 is 5.32 Å². The number of rotatable bonds is 7. The van der Waals surface area contributed by atoms with E-state index in [0.29, 0.717) is 12.6 Å². The molecule has 74 valence electrons. The summed E-state index contributed by atoms with van der Waals surface area (Å²) < 4.78 is 5.27. The molecule has 0 aliphatic carbocycles. The van der Waals surface area contributed by atoms with Gasteiger partial charge in [-0.3, -0.25) is 0 Å². The lowest BCUT2D eigenvalue weighted by molar-refractivity contribution is 0.0899. The Balaban J connectivity index is 2.91. The van der Waals surface area contributed by atoms with Gasteiger partial charge in [-0.2, -0.15) is 0 Å². The van der Waals surface area contributed by atoms with Gasteiger partial charge >= 0.3 is 0 Å². The van der Waals surface area contributed by atoms with Gasteiger partial charge in [-0.15, -0.1) is 0 Å². The molecular weight excluding hydrogens is 154 g/mol. The summed E-state index contributed by atoms with van der Waals surface area (Å²) in [6.07, 6.45) is 0.477. The van der Waals surface area contributed by atoms with Gasteiger partial charge in [-0.25, -0.2) is 0 Å². The maximum Gasteiger partial charge on any atom is 0.0591 e. The van der Waals surface area contributed by atoms with Crippen molar-refractivity contribution >= 4 is 0 Å². The van der Waals surface area contributed by atoms with Crippen LogP contribution >= 0.6 is 0 Å². The van der Waals surface area contributed by atoms with Crippen molar-refractivity contribution in [1.82, 2.24) is 5.32 Å². The largest absolute Gasteiger partial charge is 0.393 e. The van der Waals surface area contributed by atoms with Crippen molar-refractivity contribution in [1.29, 1.82) is 0 Å². The van der Waals surface area contributed by atoms with E-state index in [4.69, 9.17) is 9.84 Å². The van der Waals surface area contributed by atoms with Gasteiger partial charge in [0.15, 0.2) is 0 Å². The van der Waals surface area contributed by atoms with Crippen molar-refractivity contribution in [3.8, 4) is 0 Å². The van der Waals surface area contributed by atoms with Crippen LogP contribution in [0.1, 0.15) is 27.2 Å². The summed E-state index contributed by atoms with van der Waals surface area (Å²) in [6.45, 7) is 8.25. The fourth-order valence-corrected chi connectivity index (χ4v) is 0.776. The first-order chi connectivity index (χ1) is 5.63. The van der Waals surface area contributed by atoms with Gasteiger partial charge in [0.05, 0.1) is 12.7 Å². The van der Waals surface area contributed by atoms with E-state index < -0.39 is 0 Å². The van der Waals surface area contributed by atoms with E-state index in [2.05, 4.69) is 19.2 Å². The first-order valence-corrected chi connectivity index (χ1v) is 4.62. The van der Waals surface area contributed by atoms with Crippen LogP contribution in [0.25, 0.3) is 0 Å². The summed E-state index contributed by atoms with van der Waals surface area (Å²) in [5, 5.41) is 12.1. The van der Waals surface area contributed by atoms with Gasteiger partial charge in [0.1, 0.15) is 0 Å². The molecule has 0 aromatic carbocycles. The zero-order chi connectivity index (χ0) is 9.40. The Labute approximate surface area is 75.1 Å². The van der Waals surface area contributed by atoms with E-state index in [1.54, 1.807) is 6.92 Å². The quantitative estimate of drug-likeness (QED) is 0.562. The third-order valence-electron chi connectivity index (χ3n) is 1.48. The fourth-order valence-electron chi connectivity index (χ4n) is 0.776. The minimum Gasteiger partial charge on any atom is -0.393 e. The van der Waals surface area contributed by atoms with Crippen molar-refractivity contribution in [2.45, 2.75) is 39.3 Å². The van der Waals surface area contributed by atoms with Gasteiger partial charge in [-0.05, 0) is 13.3 Å². The van der Waals surface area contributed by atoms with Crippen LogP contribution in [0.3, 0.4) is 0 Å². The maximum absolute atomic E-state index is 8.90. The van der Waals surface area contributed by atoms with Crippen molar-refractivity contribution in [3.63, 3.8) is 0 Å². The number of aliphatic hydroxyl groups excluding tert-OH is 1. The van der Waals surface area contributed by atoms with Crippen LogP contribution in [0.5, 0.6) is 0 Å². The molecule has 3 nitrogen and oxygen atoms in total. The minimum absolute atomic E-state index is 0.247. The van der Waals surface area contributed by atoms with Crippen LogP contribution in [0.2, 0.25) is 0 Å². The third-order valence-corrected chi connectivity index (χ3v) is 1.48. The first-order valence-electron chi connectivity index (χ1n) is 4.62. The highest BCUT2D eigenvalue weighted by Gasteiger charge is 1.95. The molecule has 1 unspecified atom stereocenters. The Kier molecular flexibility index (Phi) is 7.45. The van der Waals surface area contributed by atoms with E-state index in [0.717, 1.165) is 19.6 Å². The zero-order valence-corrected chi connectivity index (χ0v) is 8.34. The maximum atomic E-state index is 8.90. The number of hydrogen-bond donors (Lipinski definition) is 2. The van der Waals surface area contributed by atoms with Crippen LogP contribution in [0.4, 0.5) is 0 Å². The first kappa shape index (κ1) is 11.9. The average Bonchev–Trinajstić information content (AvgIpc) is 1.95. The molecule has 0 fully saturated rings. The van der Waals surface area contributed by atoms with Crippen LogP contribution in [0, 0.1) is 0 Å². The van der Waals surface area contributed by atoms with Crippen molar-refractivity contribution in [2.24, 2.45) is 0 Å². The van der Waals surface area contributed by atoms with Gasteiger partial charge in [0.25, 0.3) is 0 Å². The molecule has 0 aliphatic heterocycles. The topological polar surface area (TPSA) is 41.5 Å². The Bertz CT molecular complexity index is 82.5. The molecule has 0 heterocycles. The minimum atomic E-state index is -0.247. The molecule has 0 bridgehead atoms. The lowest BCUT2D eigenvalue weighted by atomic mass is 10.3.